The Morgan fingerprint density at radius 3 is 2.59 bits per heavy atom. The molecule has 22 heavy (non-hydrogen) atoms. The minimum Gasteiger partial charge on any atom is -0.497 e. The molecule has 1 N–H and O–H groups in total. The summed E-state index contributed by atoms with van der Waals surface area (Å²) in [6, 6.07) is 14.7. The van der Waals surface area contributed by atoms with Gasteiger partial charge in [0, 0.05) is 5.56 Å². The van der Waals surface area contributed by atoms with E-state index < -0.39 is 0 Å². The molecule has 0 amide bonds. The van der Waals surface area contributed by atoms with Crippen molar-refractivity contribution in [3.8, 4) is 17.0 Å². The van der Waals surface area contributed by atoms with Gasteiger partial charge in [-0.3, -0.25) is 5.32 Å². The topological polar surface area (TPSA) is 74.2 Å². The molecule has 112 valence electrons. The van der Waals surface area contributed by atoms with Gasteiger partial charge in [0.15, 0.2) is 0 Å². The molecule has 0 aliphatic rings. The fourth-order valence-electron chi connectivity index (χ4n) is 1.98. The molecule has 1 aromatic heterocycles. The molecular weight excluding hydrogens is 350 g/mol. The summed E-state index contributed by atoms with van der Waals surface area (Å²) >= 11 is 3.42. The molecule has 0 radical (unpaired) electrons. The average Bonchev–Trinajstić information content (AvgIpc) is 2.91. The maximum absolute atomic E-state index is 11.8. The minimum atomic E-state index is 0.220. The molecule has 7 heteroatoms. The van der Waals surface area contributed by atoms with Crippen LogP contribution in [0.2, 0.25) is 0 Å². The Morgan fingerprint density at radius 1 is 1.18 bits per heavy atom. The Bertz CT molecular complexity index is 787. The van der Waals surface area contributed by atoms with Gasteiger partial charge >= 0.3 is 5.82 Å². The van der Waals surface area contributed by atoms with Crippen LogP contribution in [0.4, 0.5) is 11.5 Å². The molecule has 0 saturated heterocycles. The van der Waals surface area contributed by atoms with Gasteiger partial charge in [-0.1, -0.05) is 17.0 Å². The van der Waals surface area contributed by atoms with Crippen LogP contribution in [0.15, 0.2) is 57.6 Å². The first-order valence-corrected chi connectivity index (χ1v) is 7.24. The molecule has 0 saturated carbocycles. The normalized spacial score (nSPS) is 10.5. The standard InChI is InChI=1S/C15H12BrN3O3/c1-21-11-8-6-10(7-9-11)14-15(19(20)22-18-14)17-13-5-3-2-4-12(13)16/h2-9,17H,1H3. The molecule has 0 atom stereocenters. The van der Waals surface area contributed by atoms with E-state index in [0.29, 0.717) is 10.6 Å². The van der Waals surface area contributed by atoms with Crippen LogP contribution in [0.5, 0.6) is 5.75 Å². The predicted octanol–water partition coefficient (Wildman–Crippen LogP) is 3.49. The number of nitrogens with zero attached hydrogens (tertiary/aromatic N) is 2. The fourth-order valence-corrected chi connectivity index (χ4v) is 2.37. The van der Waals surface area contributed by atoms with E-state index in [4.69, 9.17) is 9.37 Å². The fraction of sp³-hybridized carbons (Fsp3) is 0.0667. The zero-order valence-electron chi connectivity index (χ0n) is 11.6. The van der Waals surface area contributed by atoms with Crippen molar-refractivity contribution >= 4 is 27.4 Å². The van der Waals surface area contributed by atoms with Crippen molar-refractivity contribution in [3.05, 3.63) is 58.2 Å². The molecule has 0 fully saturated rings. The number of rotatable bonds is 4. The lowest BCUT2D eigenvalue weighted by molar-refractivity contribution is -0.790. The van der Waals surface area contributed by atoms with Crippen molar-refractivity contribution in [1.29, 1.82) is 0 Å². The van der Waals surface area contributed by atoms with E-state index in [1.165, 1.54) is 0 Å². The molecule has 1 heterocycles. The van der Waals surface area contributed by atoms with E-state index in [1.807, 2.05) is 36.4 Å². The Morgan fingerprint density at radius 2 is 1.91 bits per heavy atom. The van der Waals surface area contributed by atoms with E-state index in [-0.39, 0.29) is 5.82 Å². The van der Waals surface area contributed by atoms with Gasteiger partial charge < -0.3 is 14.6 Å². The van der Waals surface area contributed by atoms with Gasteiger partial charge in [-0.2, -0.15) is 0 Å². The summed E-state index contributed by atoms with van der Waals surface area (Å²) in [5.41, 5.74) is 1.91. The van der Waals surface area contributed by atoms with E-state index in [9.17, 15) is 5.21 Å². The zero-order valence-corrected chi connectivity index (χ0v) is 13.2. The number of halogens is 1. The highest BCUT2D eigenvalue weighted by Gasteiger charge is 2.21. The SMILES string of the molecule is COc1ccc(-c2no[n+]([O-])c2Nc2ccccc2Br)cc1. The monoisotopic (exact) mass is 361 g/mol. The highest BCUT2D eigenvalue weighted by atomic mass is 79.9. The first kappa shape index (κ1) is 14.4. The van der Waals surface area contributed by atoms with E-state index >= 15 is 0 Å². The van der Waals surface area contributed by atoms with Crippen LogP contribution in [0.25, 0.3) is 11.3 Å². The maximum Gasteiger partial charge on any atom is 0.307 e. The van der Waals surface area contributed by atoms with Crippen LogP contribution >= 0.6 is 15.9 Å². The summed E-state index contributed by atoms with van der Waals surface area (Å²) in [6.45, 7) is 0. The molecule has 2 aromatic carbocycles. The van der Waals surface area contributed by atoms with Crippen LogP contribution < -0.4 is 15.0 Å². The van der Waals surface area contributed by atoms with Gasteiger partial charge in [0.05, 0.1) is 11.6 Å². The highest BCUT2D eigenvalue weighted by molar-refractivity contribution is 9.10. The van der Waals surface area contributed by atoms with Gasteiger partial charge in [-0.05, 0) is 57.5 Å². The number of aromatic nitrogens is 2. The second-order valence-electron chi connectivity index (χ2n) is 4.46. The van der Waals surface area contributed by atoms with Crippen LogP contribution in [-0.4, -0.2) is 12.3 Å². The molecule has 3 aromatic rings. The second kappa shape index (κ2) is 6.07. The minimum absolute atomic E-state index is 0.220. The molecule has 0 bridgehead atoms. The first-order valence-electron chi connectivity index (χ1n) is 6.45. The third kappa shape index (κ3) is 2.75. The van der Waals surface area contributed by atoms with Crippen LogP contribution in [0.1, 0.15) is 0 Å². The number of hydrogen-bond acceptors (Lipinski definition) is 5. The number of para-hydroxylation sites is 1. The van der Waals surface area contributed by atoms with Gasteiger partial charge in [-0.15, -0.1) is 0 Å². The molecule has 0 spiro atoms. The lowest BCUT2D eigenvalue weighted by Crippen LogP contribution is -2.26. The third-order valence-electron chi connectivity index (χ3n) is 3.10. The van der Waals surface area contributed by atoms with Crippen LogP contribution in [0, 0.1) is 5.21 Å². The molecule has 0 aliphatic heterocycles. The first-order chi connectivity index (χ1) is 10.7. The van der Waals surface area contributed by atoms with Gasteiger partial charge in [0.1, 0.15) is 11.4 Å². The number of anilines is 2. The summed E-state index contributed by atoms with van der Waals surface area (Å²) in [4.78, 5) is 0.346. The van der Waals surface area contributed by atoms with Crippen molar-refractivity contribution in [2.45, 2.75) is 0 Å². The Kier molecular flexibility index (Phi) is 3.97. The summed E-state index contributed by atoms with van der Waals surface area (Å²) in [6.07, 6.45) is 0. The maximum atomic E-state index is 11.8. The number of hydrogen-bond donors (Lipinski definition) is 1. The summed E-state index contributed by atoms with van der Waals surface area (Å²) in [5.74, 6) is 0.944. The van der Waals surface area contributed by atoms with Crippen molar-refractivity contribution < 1.29 is 14.3 Å². The Balaban J connectivity index is 1.98. The third-order valence-corrected chi connectivity index (χ3v) is 3.80. The molecular formula is C15H12BrN3O3. The highest BCUT2D eigenvalue weighted by Crippen LogP contribution is 2.30. The number of benzene rings is 2. The van der Waals surface area contributed by atoms with Crippen LogP contribution in [-0.2, 0) is 0 Å². The average molecular weight is 362 g/mol. The van der Waals surface area contributed by atoms with Gasteiger partial charge in [0.2, 0.25) is 5.69 Å². The summed E-state index contributed by atoms with van der Waals surface area (Å²) in [7, 11) is 1.59. The molecule has 6 nitrogen and oxygen atoms in total. The molecule has 0 unspecified atom stereocenters. The molecule has 3 rings (SSSR count). The van der Waals surface area contributed by atoms with E-state index in [2.05, 4.69) is 26.4 Å². The van der Waals surface area contributed by atoms with Crippen LogP contribution in [0.3, 0.4) is 0 Å². The Labute approximate surface area is 135 Å². The predicted molar refractivity (Wildman–Crippen MR) is 84.9 cm³/mol. The summed E-state index contributed by atoms with van der Waals surface area (Å²) in [5, 5.41) is 18.7. The van der Waals surface area contributed by atoms with Crippen molar-refractivity contribution in [1.82, 2.24) is 5.16 Å². The summed E-state index contributed by atoms with van der Waals surface area (Å²) < 4.78 is 10.7. The number of ether oxygens (including phenoxy) is 1. The largest absolute Gasteiger partial charge is 0.497 e. The van der Waals surface area contributed by atoms with Crippen molar-refractivity contribution in [2.75, 3.05) is 12.4 Å². The zero-order chi connectivity index (χ0) is 15.5. The Hall–Kier alpha value is -2.54. The smallest absolute Gasteiger partial charge is 0.307 e. The second-order valence-corrected chi connectivity index (χ2v) is 5.31. The van der Waals surface area contributed by atoms with Crippen molar-refractivity contribution in [3.63, 3.8) is 0 Å². The van der Waals surface area contributed by atoms with Gasteiger partial charge in [0.25, 0.3) is 0 Å². The quantitative estimate of drug-likeness (QED) is 0.720. The van der Waals surface area contributed by atoms with Crippen molar-refractivity contribution in [2.24, 2.45) is 0 Å². The van der Waals surface area contributed by atoms with E-state index in [0.717, 1.165) is 21.5 Å². The van der Waals surface area contributed by atoms with Gasteiger partial charge in [-0.25, -0.2) is 0 Å². The number of methoxy groups -OCH3 is 1. The van der Waals surface area contributed by atoms with E-state index in [1.54, 1.807) is 19.2 Å². The lowest BCUT2D eigenvalue weighted by Gasteiger charge is -2.04. The molecule has 0 aliphatic carbocycles. The number of nitrogens with one attached hydrogen (secondary N) is 1. The lowest BCUT2D eigenvalue weighted by atomic mass is 10.1.